The second-order valence-electron chi connectivity index (χ2n) is 3.76. The van der Waals surface area contributed by atoms with E-state index in [-0.39, 0.29) is 0 Å². The van der Waals surface area contributed by atoms with Gasteiger partial charge in [-0.3, -0.25) is 0 Å². The molecule has 18 heavy (non-hydrogen) atoms. The molecule has 0 aliphatic rings. The summed E-state index contributed by atoms with van der Waals surface area (Å²) in [6.45, 7) is 1.97. The smallest absolute Gasteiger partial charge is 0.219 e. The Bertz CT molecular complexity index is 601. The topological polar surface area (TPSA) is 48.1 Å². The Kier molecular flexibility index (Phi) is 3.93. The number of nitrogens with two attached hydrogens (primary N) is 1. The van der Waals surface area contributed by atoms with Crippen LogP contribution >= 0.6 is 28.1 Å². The fraction of sp³-hybridized carbons (Fsp3) is 0.0769. The number of aryl methyl sites for hydroxylation is 1. The van der Waals surface area contributed by atoms with E-state index in [1.54, 1.807) is 18.3 Å². The first-order chi connectivity index (χ1) is 8.56. The van der Waals surface area contributed by atoms with Crippen molar-refractivity contribution in [2.24, 2.45) is 5.73 Å². The van der Waals surface area contributed by atoms with E-state index in [2.05, 4.69) is 20.9 Å². The molecule has 1 heterocycles. The van der Waals surface area contributed by atoms with Crippen LogP contribution < -0.4 is 10.5 Å². The molecule has 5 heteroatoms. The molecule has 3 nitrogen and oxygen atoms in total. The summed E-state index contributed by atoms with van der Waals surface area (Å²) in [5.41, 5.74) is 7.34. The molecule has 0 saturated heterocycles. The Hall–Kier alpha value is -1.46. The zero-order chi connectivity index (χ0) is 13.1. The van der Waals surface area contributed by atoms with E-state index in [1.807, 2.05) is 25.1 Å². The summed E-state index contributed by atoms with van der Waals surface area (Å²) in [5.74, 6) is 1.22. The number of halogens is 1. The fourth-order valence-corrected chi connectivity index (χ4v) is 1.88. The van der Waals surface area contributed by atoms with Crippen molar-refractivity contribution in [1.82, 2.24) is 4.98 Å². The van der Waals surface area contributed by atoms with Gasteiger partial charge in [0, 0.05) is 22.3 Å². The van der Waals surface area contributed by atoms with Crippen LogP contribution in [-0.2, 0) is 0 Å². The first-order valence-corrected chi connectivity index (χ1v) is 6.46. The second kappa shape index (κ2) is 5.46. The van der Waals surface area contributed by atoms with Gasteiger partial charge in [-0.2, -0.15) is 0 Å². The molecule has 2 N–H and O–H groups in total. The largest absolute Gasteiger partial charge is 0.439 e. The number of benzene rings is 1. The highest BCUT2D eigenvalue weighted by molar-refractivity contribution is 9.10. The molecule has 0 saturated carbocycles. The summed E-state index contributed by atoms with van der Waals surface area (Å²) < 4.78 is 6.68. The molecule has 92 valence electrons. The third-order valence-corrected chi connectivity index (χ3v) is 3.11. The molecule has 2 rings (SSSR count). The minimum atomic E-state index is 0.327. The van der Waals surface area contributed by atoms with Crippen molar-refractivity contribution in [3.8, 4) is 11.6 Å². The molecule has 1 aromatic heterocycles. The lowest BCUT2D eigenvalue weighted by atomic mass is 10.2. The molecule has 0 spiro atoms. The van der Waals surface area contributed by atoms with Gasteiger partial charge in [0.15, 0.2) is 0 Å². The number of ether oxygens (including phenoxy) is 1. The quantitative estimate of drug-likeness (QED) is 0.877. The van der Waals surface area contributed by atoms with E-state index in [4.69, 9.17) is 22.7 Å². The average molecular weight is 323 g/mol. The highest BCUT2D eigenvalue weighted by Crippen LogP contribution is 2.27. The molecule has 0 fully saturated rings. The molecule has 1 aromatic carbocycles. The van der Waals surface area contributed by atoms with Crippen LogP contribution in [0.1, 0.15) is 11.1 Å². The molecule has 0 unspecified atom stereocenters. The van der Waals surface area contributed by atoms with Crippen LogP contribution in [0.3, 0.4) is 0 Å². The van der Waals surface area contributed by atoms with Gasteiger partial charge in [-0.25, -0.2) is 4.98 Å². The van der Waals surface area contributed by atoms with Crippen LogP contribution in [0.25, 0.3) is 0 Å². The number of hydrogen-bond donors (Lipinski definition) is 1. The summed E-state index contributed by atoms with van der Waals surface area (Å²) >= 11 is 8.33. The van der Waals surface area contributed by atoms with Crippen LogP contribution in [0.2, 0.25) is 0 Å². The summed E-state index contributed by atoms with van der Waals surface area (Å²) in [5, 5.41) is 0. The lowest BCUT2D eigenvalue weighted by Crippen LogP contribution is -2.09. The minimum Gasteiger partial charge on any atom is -0.439 e. The van der Waals surface area contributed by atoms with Crippen molar-refractivity contribution < 1.29 is 4.74 Å². The van der Waals surface area contributed by atoms with Gasteiger partial charge in [0.25, 0.3) is 0 Å². The lowest BCUT2D eigenvalue weighted by molar-refractivity contribution is 0.459. The normalized spacial score (nSPS) is 10.1. The van der Waals surface area contributed by atoms with E-state index < -0.39 is 0 Å². The van der Waals surface area contributed by atoms with Crippen LogP contribution in [0.4, 0.5) is 0 Å². The predicted molar refractivity (Wildman–Crippen MR) is 79.1 cm³/mol. The van der Waals surface area contributed by atoms with Gasteiger partial charge in [-0.15, -0.1) is 0 Å². The van der Waals surface area contributed by atoms with Gasteiger partial charge < -0.3 is 10.5 Å². The summed E-state index contributed by atoms with van der Waals surface area (Å²) in [7, 11) is 0. The van der Waals surface area contributed by atoms with E-state index >= 15 is 0 Å². The van der Waals surface area contributed by atoms with Gasteiger partial charge in [-0.05, 0) is 30.7 Å². The molecular weight excluding hydrogens is 312 g/mol. The maximum Gasteiger partial charge on any atom is 0.219 e. The van der Waals surface area contributed by atoms with Crippen molar-refractivity contribution in [3.63, 3.8) is 0 Å². The fourth-order valence-electron chi connectivity index (χ4n) is 1.42. The molecule has 0 bridgehead atoms. The zero-order valence-electron chi connectivity index (χ0n) is 9.68. The lowest BCUT2D eigenvalue weighted by Gasteiger charge is -2.09. The SMILES string of the molecule is Cc1ccc(Br)cc1Oc1cc(C(N)=S)ccn1. The number of thiocarbonyl (C=S) groups is 1. The Morgan fingerprint density at radius 1 is 1.33 bits per heavy atom. The first kappa shape index (κ1) is 13.0. The highest BCUT2D eigenvalue weighted by atomic mass is 79.9. The van der Waals surface area contributed by atoms with E-state index in [0.717, 1.165) is 21.3 Å². The zero-order valence-corrected chi connectivity index (χ0v) is 12.1. The van der Waals surface area contributed by atoms with E-state index in [1.165, 1.54) is 0 Å². The standard InChI is InChI=1S/C13H11BrN2OS/c1-8-2-3-10(14)7-11(8)17-12-6-9(13(15)18)4-5-16-12/h2-7H,1H3,(H2,15,18). The van der Waals surface area contributed by atoms with Crippen LogP contribution in [0, 0.1) is 6.92 Å². The van der Waals surface area contributed by atoms with E-state index in [9.17, 15) is 0 Å². The minimum absolute atomic E-state index is 0.327. The summed E-state index contributed by atoms with van der Waals surface area (Å²) in [6, 6.07) is 9.30. The maximum atomic E-state index is 5.72. The number of nitrogens with zero attached hydrogens (tertiary/aromatic N) is 1. The molecule has 0 atom stereocenters. The molecule has 0 aliphatic carbocycles. The summed E-state index contributed by atoms with van der Waals surface area (Å²) in [6.07, 6.45) is 1.62. The van der Waals surface area contributed by atoms with Crippen molar-refractivity contribution in [2.45, 2.75) is 6.92 Å². The van der Waals surface area contributed by atoms with Gasteiger partial charge >= 0.3 is 0 Å². The first-order valence-electron chi connectivity index (χ1n) is 5.26. The Morgan fingerprint density at radius 3 is 2.83 bits per heavy atom. The molecule has 0 aliphatic heterocycles. The predicted octanol–water partition coefficient (Wildman–Crippen LogP) is 3.58. The molecule has 0 amide bonds. The highest BCUT2D eigenvalue weighted by Gasteiger charge is 2.05. The van der Waals surface area contributed by atoms with Crippen molar-refractivity contribution in [3.05, 3.63) is 52.1 Å². The van der Waals surface area contributed by atoms with Crippen molar-refractivity contribution in [2.75, 3.05) is 0 Å². The number of aromatic nitrogens is 1. The maximum absolute atomic E-state index is 5.72. The van der Waals surface area contributed by atoms with Gasteiger partial charge in [-0.1, -0.05) is 34.2 Å². The number of pyridine rings is 1. The van der Waals surface area contributed by atoms with Crippen LogP contribution in [-0.4, -0.2) is 9.97 Å². The van der Waals surface area contributed by atoms with Gasteiger partial charge in [0.1, 0.15) is 10.7 Å². The molecule has 0 radical (unpaired) electrons. The second-order valence-corrected chi connectivity index (χ2v) is 5.11. The van der Waals surface area contributed by atoms with Gasteiger partial charge in [0.2, 0.25) is 5.88 Å². The monoisotopic (exact) mass is 322 g/mol. The third kappa shape index (κ3) is 3.05. The number of rotatable bonds is 3. The van der Waals surface area contributed by atoms with Gasteiger partial charge in [0.05, 0.1) is 0 Å². The number of hydrogen-bond acceptors (Lipinski definition) is 3. The Balaban J connectivity index is 2.31. The van der Waals surface area contributed by atoms with Crippen LogP contribution in [0.15, 0.2) is 41.0 Å². The van der Waals surface area contributed by atoms with Crippen molar-refractivity contribution >= 4 is 33.1 Å². The third-order valence-electron chi connectivity index (χ3n) is 2.38. The molecule has 2 aromatic rings. The summed E-state index contributed by atoms with van der Waals surface area (Å²) in [4.78, 5) is 4.46. The van der Waals surface area contributed by atoms with Crippen LogP contribution in [0.5, 0.6) is 11.6 Å². The average Bonchev–Trinajstić information content (AvgIpc) is 2.34. The van der Waals surface area contributed by atoms with Crippen molar-refractivity contribution in [1.29, 1.82) is 0 Å². The molecular formula is C13H11BrN2OS. The van der Waals surface area contributed by atoms with E-state index in [0.29, 0.717) is 10.9 Å². The Morgan fingerprint density at radius 2 is 2.11 bits per heavy atom. The Labute approximate surface area is 119 Å².